The number of sulfonamides is 1. The molecule has 7 nitrogen and oxygen atoms in total. The molecule has 4 rings (SSSR count). The Kier molecular flexibility index (Phi) is 5.67. The van der Waals surface area contributed by atoms with E-state index < -0.39 is 10.0 Å². The number of carbonyl (C=O) groups excluding carboxylic acids is 1. The molecule has 0 aliphatic heterocycles. The summed E-state index contributed by atoms with van der Waals surface area (Å²) in [6.07, 6.45) is 1.66. The van der Waals surface area contributed by atoms with Crippen LogP contribution in [0, 0.1) is 0 Å². The highest BCUT2D eigenvalue weighted by Gasteiger charge is 2.17. The van der Waals surface area contributed by atoms with Gasteiger partial charge in [0.05, 0.1) is 27.4 Å². The minimum atomic E-state index is -3.79. The van der Waals surface area contributed by atoms with Gasteiger partial charge in [-0.05, 0) is 54.6 Å². The van der Waals surface area contributed by atoms with E-state index >= 15 is 0 Å². The number of hydrogen-bond acceptors (Lipinski definition) is 6. The predicted molar refractivity (Wildman–Crippen MR) is 117 cm³/mol. The van der Waals surface area contributed by atoms with Gasteiger partial charge in [0.25, 0.3) is 15.9 Å². The van der Waals surface area contributed by atoms with Gasteiger partial charge in [-0.25, -0.2) is 13.4 Å². The topological polar surface area (TPSA) is 101 Å². The van der Waals surface area contributed by atoms with Crippen LogP contribution in [0.2, 0.25) is 5.02 Å². The average molecular weight is 459 g/mol. The number of fused-ring (bicyclic) bond motifs is 1. The minimum absolute atomic E-state index is 0.0840. The van der Waals surface area contributed by atoms with Crippen LogP contribution in [0.4, 0.5) is 5.13 Å². The first kappa shape index (κ1) is 20.3. The molecule has 0 saturated heterocycles. The molecule has 2 N–H and O–H groups in total. The number of nitrogens with one attached hydrogen (secondary N) is 2. The van der Waals surface area contributed by atoms with E-state index in [1.165, 1.54) is 24.3 Å². The van der Waals surface area contributed by atoms with E-state index in [-0.39, 0.29) is 15.9 Å². The van der Waals surface area contributed by atoms with E-state index in [1.807, 2.05) is 18.2 Å². The molecule has 152 valence electrons. The SMILES string of the molecule is O=C(NCc1ccccn1)c1ccc2nc(NS(=O)(=O)c3ccc(Cl)cc3)sc2c1. The Hall–Kier alpha value is -3.01. The van der Waals surface area contributed by atoms with Crippen LogP contribution in [0.1, 0.15) is 16.1 Å². The van der Waals surface area contributed by atoms with Crippen molar-refractivity contribution in [2.75, 3.05) is 4.72 Å². The highest BCUT2D eigenvalue weighted by Crippen LogP contribution is 2.29. The molecule has 10 heteroatoms. The Bertz CT molecular complexity index is 1310. The number of thiazole rings is 1. The van der Waals surface area contributed by atoms with Crippen molar-refractivity contribution in [3.8, 4) is 0 Å². The highest BCUT2D eigenvalue weighted by atomic mass is 35.5. The highest BCUT2D eigenvalue weighted by molar-refractivity contribution is 7.93. The van der Waals surface area contributed by atoms with E-state index in [4.69, 9.17) is 11.6 Å². The molecule has 0 atom stereocenters. The first-order valence-electron chi connectivity index (χ1n) is 8.78. The summed E-state index contributed by atoms with van der Waals surface area (Å²) >= 11 is 6.96. The van der Waals surface area contributed by atoms with Crippen LogP contribution in [-0.4, -0.2) is 24.3 Å². The van der Waals surface area contributed by atoms with E-state index in [0.717, 1.165) is 17.0 Å². The Labute approximate surface area is 181 Å². The van der Waals surface area contributed by atoms with Gasteiger partial charge in [-0.15, -0.1) is 0 Å². The number of aromatic nitrogens is 2. The maximum atomic E-state index is 12.5. The Morgan fingerprint density at radius 2 is 1.87 bits per heavy atom. The molecular weight excluding hydrogens is 444 g/mol. The van der Waals surface area contributed by atoms with Gasteiger partial charge in [-0.2, -0.15) is 0 Å². The fraction of sp³-hybridized carbons (Fsp3) is 0.0500. The summed E-state index contributed by atoms with van der Waals surface area (Å²) in [6.45, 7) is 0.312. The van der Waals surface area contributed by atoms with Gasteiger partial charge in [0.15, 0.2) is 5.13 Å². The van der Waals surface area contributed by atoms with Crippen molar-refractivity contribution in [3.63, 3.8) is 0 Å². The molecule has 0 radical (unpaired) electrons. The quantitative estimate of drug-likeness (QED) is 0.453. The smallest absolute Gasteiger partial charge is 0.263 e. The van der Waals surface area contributed by atoms with Crippen molar-refractivity contribution >= 4 is 54.2 Å². The number of halogens is 1. The van der Waals surface area contributed by atoms with Crippen LogP contribution >= 0.6 is 22.9 Å². The Morgan fingerprint density at radius 3 is 2.60 bits per heavy atom. The molecular formula is C20H15ClN4O3S2. The van der Waals surface area contributed by atoms with Crippen molar-refractivity contribution in [2.24, 2.45) is 0 Å². The number of anilines is 1. The van der Waals surface area contributed by atoms with Gasteiger partial charge in [-0.3, -0.25) is 14.5 Å². The van der Waals surface area contributed by atoms with Crippen LogP contribution in [0.15, 0.2) is 71.8 Å². The third-order valence-electron chi connectivity index (χ3n) is 4.15. The molecule has 30 heavy (non-hydrogen) atoms. The van der Waals surface area contributed by atoms with Crippen molar-refractivity contribution < 1.29 is 13.2 Å². The minimum Gasteiger partial charge on any atom is -0.346 e. The number of carbonyl (C=O) groups is 1. The second-order valence-corrected chi connectivity index (χ2v) is 9.41. The lowest BCUT2D eigenvalue weighted by Crippen LogP contribution is -2.23. The van der Waals surface area contributed by atoms with E-state index in [2.05, 4.69) is 20.0 Å². The zero-order valence-electron chi connectivity index (χ0n) is 15.4. The van der Waals surface area contributed by atoms with E-state index in [9.17, 15) is 13.2 Å². The molecule has 0 spiro atoms. The second kappa shape index (κ2) is 8.39. The number of benzene rings is 2. The summed E-state index contributed by atoms with van der Waals surface area (Å²) < 4.78 is 28.2. The molecule has 0 fully saturated rings. The van der Waals surface area contributed by atoms with Crippen molar-refractivity contribution in [1.82, 2.24) is 15.3 Å². The van der Waals surface area contributed by atoms with Crippen LogP contribution in [0.25, 0.3) is 10.2 Å². The molecule has 0 unspecified atom stereocenters. The van der Waals surface area contributed by atoms with E-state index in [0.29, 0.717) is 27.3 Å². The van der Waals surface area contributed by atoms with Crippen LogP contribution in [0.5, 0.6) is 0 Å². The van der Waals surface area contributed by atoms with Crippen LogP contribution in [0.3, 0.4) is 0 Å². The molecule has 0 aliphatic rings. The summed E-state index contributed by atoms with van der Waals surface area (Å²) in [5.74, 6) is -0.251. The number of nitrogens with zero attached hydrogens (tertiary/aromatic N) is 2. The maximum Gasteiger partial charge on any atom is 0.263 e. The van der Waals surface area contributed by atoms with Gasteiger partial charge >= 0.3 is 0 Å². The third-order valence-corrected chi connectivity index (χ3v) is 6.82. The lowest BCUT2D eigenvalue weighted by molar-refractivity contribution is 0.0950. The standard InChI is InChI=1S/C20H15ClN4O3S2/c21-14-5-7-16(8-6-14)30(27,28)25-20-24-17-9-4-13(11-18(17)29-20)19(26)23-12-15-3-1-2-10-22-15/h1-11H,12H2,(H,23,26)(H,24,25). The predicted octanol–water partition coefficient (Wildman–Crippen LogP) is 4.08. The Balaban J connectivity index is 1.50. The summed E-state index contributed by atoms with van der Waals surface area (Å²) in [5.41, 5.74) is 1.80. The van der Waals surface area contributed by atoms with Crippen LogP contribution < -0.4 is 10.0 Å². The monoisotopic (exact) mass is 458 g/mol. The number of hydrogen-bond donors (Lipinski definition) is 2. The molecule has 1 amide bonds. The van der Waals surface area contributed by atoms with Gasteiger partial charge in [0.2, 0.25) is 0 Å². The largest absolute Gasteiger partial charge is 0.346 e. The average Bonchev–Trinajstić information content (AvgIpc) is 3.13. The number of rotatable bonds is 6. The number of pyridine rings is 1. The number of amides is 1. The Morgan fingerprint density at radius 1 is 1.07 bits per heavy atom. The summed E-state index contributed by atoms with van der Waals surface area (Å²) in [7, 11) is -3.79. The summed E-state index contributed by atoms with van der Waals surface area (Å²) in [6, 6.07) is 16.3. The van der Waals surface area contributed by atoms with Crippen molar-refractivity contribution in [3.05, 3.63) is 83.1 Å². The third kappa shape index (κ3) is 4.59. The molecule has 2 heterocycles. The van der Waals surface area contributed by atoms with Gasteiger partial charge in [-0.1, -0.05) is 29.0 Å². The van der Waals surface area contributed by atoms with Gasteiger partial charge in [0, 0.05) is 16.8 Å². The molecule has 0 bridgehead atoms. The lowest BCUT2D eigenvalue weighted by Gasteiger charge is -2.04. The second-order valence-electron chi connectivity index (χ2n) is 6.26. The fourth-order valence-corrected chi connectivity index (χ4v) is 4.94. The molecule has 0 aliphatic carbocycles. The molecule has 2 aromatic carbocycles. The van der Waals surface area contributed by atoms with Gasteiger partial charge < -0.3 is 5.32 Å². The molecule has 2 aromatic heterocycles. The van der Waals surface area contributed by atoms with E-state index in [1.54, 1.807) is 24.4 Å². The van der Waals surface area contributed by atoms with Crippen molar-refractivity contribution in [2.45, 2.75) is 11.4 Å². The van der Waals surface area contributed by atoms with Gasteiger partial charge in [0.1, 0.15) is 0 Å². The fourth-order valence-electron chi connectivity index (χ4n) is 2.67. The maximum absolute atomic E-state index is 12.5. The first-order chi connectivity index (χ1) is 14.4. The normalized spacial score (nSPS) is 11.4. The zero-order chi connectivity index (χ0) is 21.1. The van der Waals surface area contributed by atoms with Crippen molar-refractivity contribution in [1.29, 1.82) is 0 Å². The molecule has 0 saturated carbocycles. The lowest BCUT2D eigenvalue weighted by atomic mass is 10.2. The zero-order valence-corrected chi connectivity index (χ0v) is 17.8. The first-order valence-corrected chi connectivity index (χ1v) is 11.5. The molecule has 4 aromatic rings. The summed E-state index contributed by atoms with van der Waals surface area (Å²) in [5, 5.41) is 3.47. The van der Waals surface area contributed by atoms with Crippen LogP contribution in [-0.2, 0) is 16.6 Å². The summed E-state index contributed by atoms with van der Waals surface area (Å²) in [4.78, 5) is 21.0.